The third-order valence-electron chi connectivity index (χ3n) is 2.66. The molecule has 1 N–H and O–H groups in total. The van der Waals surface area contributed by atoms with Gasteiger partial charge < -0.3 is 5.32 Å². The summed E-state index contributed by atoms with van der Waals surface area (Å²) in [7, 11) is 0. The summed E-state index contributed by atoms with van der Waals surface area (Å²) in [6.07, 6.45) is 1.40. The summed E-state index contributed by atoms with van der Waals surface area (Å²) in [6, 6.07) is 6.43. The summed E-state index contributed by atoms with van der Waals surface area (Å²) in [5, 5.41) is 18.0. The van der Waals surface area contributed by atoms with E-state index in [1.807, 2.05) is 16.8 Å². The highest BCUT2D eigenvalue weighted by Gasteiger charge is 2.13. The Morgan fingerprint density at radius 3 is 2.84 bits per heavy atom. The van der Waals surface area contributed by atoms with Crippen molar-refractivity contribution in [3.8, 4) is 0 Å². The number of rotatable bonds is 6. The molecular weight excluding hydrogens is 264 g/mol. The van der Waals surface area contributed by atoms with Gasteiger partial charge in [-0.1, -0.05) is 0 Å². The lowest BCUT2D eigenvalue weighted by Gasteiger charge is -2.06. The maximum atomic E-state index is 10.9. The van der Waals surface area contributed by atoms with Gasteiger partial charge in [0, 0.05) is 18.2 Å². The number of nitro groups is 1. The van der Waals surface area contributed by atoms with Gasteiger partial charge in [-0.15, -0.1) is 0 Å². The third-order valence-corrected chi connectivity index (χ3v) is 3.40. The second-order valence-electron chi connectivity index (χ2n) is 3.96. The van der Waals surface area contributed by atoms with Crippen LogP contribution >= 0.6 is 11.3 Å². The van der Waals surface area contributed by atoms with Crippen LogP contribution in [0.15, 0.2) is 35.0 Å². The van der Waals surface area contributed by atoms with Crippen LogP contribution in [0.1, 0.15) is 15.9 Å². The Labute approximate surface area is 114 Å². The molecule has 2 rings (SSSR count). The molecule has 0 bridgehead atoms. The summed E-state index contributed by atoms with van der Waals surface area (Å²) < 4.78 is 0. The molecule has 0 fully saturated rings. The average molecular weight is 276 g/mol. The van der Waals surface area contributed by atoms with E-state index in [2.05, 4.69) is 5.32 Å². The molecule has 0 saturated heterocycles. The van der Waals surface area contributed by atoms with Crippen molar-refractivity contribution in [3.05, 3.63) is 56.3 Å². The minimum Gasteiger partial charge on any atom is -0.379 e. The van der Waals surface area contributed by atoms with E-state index in [0.29, 0.717) is 24.1 Å². The lowest BCUT2D eigenvalue weighted by Crippen LogP contribution is -2.06. The Balaban J connectivity index is 2.06. The number of nitro benzene ring substituents is 1. The number of nitrogens with one attached hydrogen (secondary N) is 1. The average Bonchev–Trinajstić information content (AvgIpc) is 2.92. The Kier molecular flexibility index (Phi) is 4.25. The van der Waals surface area contributed by atoms with E-state index in [4.69, 9.17) is 0 Å². The molecule has 0 radical (unpaired) electrons. The van der Waals surface area contributed by atoms with Gasteiger partial charge in [-0.3, -0.25) is 14.9 Å². The first kappa shape index (κ1) is 13.2. The molecule has 0 spiro atoms. The smallest absolute Gasteiger partial charge is 0.293 e. The van der Waals surface area contributed by atoms with Gasteiger partial charge in [-0.25, -0.2) is 0 Å². The van der Waals surface area contributed by atoms with Crippen LogP contribution in [0.4, 0.5) is 11.4 Å². The number of carbonyl (C=O) groups is 1. The van der Waals surface area contributed by atoms with Gasteiger partial charge in [-0.05, 0) is 40.9 Å². The molecule has 0 unspecified atom stereocenters. The molecule has 0 aliphatic rings. The second-order valence-corrected chi connectivity index (χ2v) is 4.74. The van der Waals surface area contributed by atoms with Crippen molar-refractivity contribution in [2.75, 3.05) is 11.9 Å². The number of nitrogens with zero attached hydrogens (tertiary/aromatic N) is 1. The standard InChI is InChI=1S/C13H12N2O3S/c16-8-11-1-2-12(13(7-11)15(17)18)14-5-3-10-4-6-19-9-10/h1-2,4,6-9,14H,3,5H2. The van der Waals surface area contributed by atoms with Crippen molar-refractivity contribution >= 4 is 29.0 Å². The number of hydrogen-bond donors (Lipinski definition) is 1. The zero-order chi connectivity index (χ0) is 13.7. The molecule has 1 aromatic heterocycles. The van der Waals surface area contributed by atoms with Crippen LogP contribution in [0, 0.1) is 10.1 Å². The highest BCUT2D eigenvalue weighted by molar-refractivity contribution is 7.07. The van der Waals surface area contributed by atoms with E-state index in [1.165, 1.54) is 11.6 Å². The quantitative estimate of drug-likeness (QED) is 0.500. The van der Waals surface area contributed by atoms with Gasteiger partial charge in [0.15, 0.2) is 0 Å². The maximum Gasteiger partial charge on any atom is 0.293 e. The molecule has 0 amide bonds. The Morgan fingerprint density at radius 2 is 2.21 bits per heavy atom. The molecule has 0 aliphatic carbocycles. The van der Waals surface area contributed by atoms with Crippen molar-refractivity contribution in [2.24, 2.45) is 0 Å². The van der Waals surface area contributed by atoms with Gasteiger partial charge in [0.1, 0.15) is 12.0 Å². The van der Waals surface area contributed by atoms with Gasteiger partial charge in [0.2, 0.25) is 0 Å². The van der Waals surface area contributed by atoms with Crippen LogP contribution in [0.5, 0.6) is 0 Å². The summed E-state index contributed by atoms with van der Waals surface area (Å²) in [5.41, 5.74) is 1.86. The van der Waals surface area contributed by atoms with Gasteiger partial charge >= 0.3 is 0 Å². The van der Waals surface area contributed by atoms with Crippen molar-refractivity contribution in [1.29, 1.82) is 0 Å². The lowest BCUT2D eigenvalue weighted by atomic mass is 10.2. The first-order valence-corrected chi connectivity index (χ1v) is 6.63. The lowest BCUT2D eigenvalue weighted by molar-refractivity contribution is -0.384. The van der Waals surface area contributed by atoms with E-state index in [-0.39, 0.29) is 5.69 Å². The van der Waals surface area contributed by atoms with E-state index in [9.17, 15) is 14.9 Å². The van der Waals surface area contributed by atoms with Crippen LogP contribution in [0.2, 0.25) is 0 Å². The molecule has 6 heteroatoms. The van der Waals surface area contributed by atoms with E-state index >= 15 is 0 Å². The van der Waals surface area contributed by atoms with Gasteiger partial charge in [-0.2, -0.15) is 11.3 Å². The zero-order valence-corrected chi connectivity index (χ0v) is 10.9. The number of anilines is 1. The van der Waals surface area contributed by atoms with Crippen LogP contribution < -0.4 is 5.32 Å². The minimum absolute atomic E-state index is 0.0741. The van der Waals surface area contributed by atoms with E-state index < -0.39 is 4.92 Å². The number of carbonyl (C=O) groups excluding carboxylic acids is 1. The van der Waals surface area contributed by atoms with E-state index in [1.54, 1.807) is 23.5 Å². The Morgan fingerprint density at radius 1 is 1.37 bits per heavy atom. The molecule has 1 heterocycles. The molecule has 5 nitrogen and oxygen atoms in total. The molecule has 0 atom stereocenters. The fourth-order valence-electron chi connectivity index (χ4n) is 1.70. The van der Waals surface area contributed by atoms with Crippen molar-refractivity contribution in [2.45, 2.75) is 6.42 Å². The van der Waals surface area contributed by atoms with Gasteiger partial charge in [0.25, 0.3) is 5.69 Å². The molecule has 98 valence electrons. The zero-order valence-electron chi connectivity index (χ0n) is 10.0. The monoisotopic (exact) mass is 276 g/mol. The molecule has 2 aromatic rings. The van der Waals surface area contributed by atoms with Crippen molar-refractivity contribution in [3.63, 3.8) is 0 Å². The fraction of sp³-hybridized carbons (Fsp3) is 0.154. The van der Waals surface area contributed by atoms with Gasteiger partial charge in [0.05, 0.1) is 4.92 Å². The van der Waals surface area contributed by atoms with Crippen molar-refractivity contribution in [1.82, 2.24) is 0 Å². The highest BCUT2D eigenvalue weighted by Crippen LogP contribution is 2.25. The topological polar surface area (TPSA) is 72.2 Å². The molecular formula is C13H12N2O3S. The van der Waals surface area contributed by atoms with Crippen LogP contribution in [0.25, 0.3) is 0 Å². The Bertz CT molecular complexity index is 582. The number of benzene rings is 1. The van der Waals surface area contributed by atoms with Crippen LogP contribution in [-0.2, 0) is 6.42 Å². The summed E-state index contributed by atoms with van der Waals surface area (Å²) in [6.45, 7) is 0.609. The molecule has 1 aromatic carbocycles. The first-order valence-electron chi connectivity index (χ1n) is 5.69. The number of thiophene rings is 1. The largest absolute Gasteiger partial charge is 0.379 e. The predicted molar refractivity (Wildman–Crippen MR) is 75.0 cm³/mol. The molecule has 19 heavy (non-hydrogen) atoms. The normalized spacial score (nSPS) is 10.1. The molecule has 0 aliphatic heterocycles. The SMILES string of the molecule is O=Cc1ccc(NCCc2ccsc2)c([N+](=O)[O-])c1. The van der Waals surface area contributed by atoms with Crippen LogP contribution in [-0.4, -0.2) is 17.8 Å². The third kappa shape index (κ3) is 3.38. The summed E-state index contributed by atoms with van der Waals surface area (Å²) in [5.74, 6) is 0. The van der Waals surface area contributed by atoms with Crippen molar-refractivity contribution < 1.29 is 9.72 Å². The van der Waals surface area contributed by atoms with E-state index in [0.717, 1.165) is 6.42 Å². The maximum absolute atomic E-state index is 10.9. The molecule has 0 saturated carbocycles. The minimum atomic E-state index is -0.486. The fourth-order valence-corrected chi connectivity index (χ4v) is 2.40. The second kappa shape index (κ2) is 6.10. The first-order chi connectivity index (χ1) is 9.20. The predicted octanol–water partition coefficient (Wildman–Crippen LogP) is 3.12. The van der Waals surface area contributed by atoms with Crippen LogP contribution in [0.3, 0.4) is 0 Å². The summed E-state index contributed by atoms with van der Waals surface area (Å²) in [4.78, 5) is 21.1. The number of aldehydes is 1. The highest BCUT2D eigenvalue weighted by atomic mass is 32.1. The number of hydrogen-bond acceptors (Lipinski definition) is 5. The Hall–Kier alpha value is -2.21. The summed E-state index contributed by atoms with van der Waals surface area (Å²) >= 11 is 1.62.